The highest BCUT2D eigenvalue weighted by atomic mass is 32.2. The lowest BCUT2D eigenvalue weighted by Gasteiger charge is -2.10. The quantitative estimate of drug-likeness (QED) is 0.365. The number of fused-ring (bicyclic) bond motifs is 1. The predicted molar refractivity (Wildman–Crippen MR) is 133 cm³/mol. The number of para-hydroxylation sites is 1. The molecule has 0 aliphatic heterocycles. The van der Waals surface area contributed by atoms with E-state index in [1.54, 1.807) is 18.2 Å². The summed E-state index contributed by atoms with van der Waals surface area (Å²) in [6, 6.07) is 22.4. The fourth-order valence-corrected chi connectivity index (χ4v) is 4.81. The molecule has 0 saturated carbocycles. The number of carbonyl (C=O) groups is 1. The second kappa shape index (κ2) is 10.1. The minimum Gasteiger partial charge on any atom is -0.457 e. The molecule has 1 aromatic heterocycles. The lowest BCUT2D eigenvalue weighted by Crippen LogP contribution is -2.32. The molecule has 0 aliphatic carbocycles. The van der Waals surface area contributed by atoms with Crippen molar-refractivity contribution in [3.8, 4) is 11.5 Å². The van der Waals surface area contributed by atoms with Gasteiger partial charge in [0.2, 0.25) is 10.0 Å². The monoisotopic (exact) mass is 477 g/mol. The molecule has 0 fully saturated rings. The van der Waals surface area contributed by atoms with Crippen LogP contribution in [-0.2, 0) is 16.6 Å². The summed E-state index contributed by atoms with van der Waals surface area (Å²) in [6.07, 6.45) is 1.24. The van der Waals surface area contributed by atoms with Crippen LogP contribution in [0, 0.1) is 6.92 Å². The van der Waals surface area contributed by atoms with Gasteiger partial charge in [-0.15, -0.1) is 0 Å². The first kappa shape index (κ1) is 23.5. The number of imidazole rings is 1. The van der Waals surface area contributed by atoms with Crippen LogP contribution in [0.5, 0.6) is 11.5 Å². The first-order chi connectivity index (χ1) is 16.3. The largest absolute Gasteiger partial charge is 0.457 e. The van der Waals surface area contributed by atoms with Gasteiger partial charge in [-0.05, 0) is 61.4 Å². The van der Waals surface area contributed by atoms with Crippen molar-refractivity contribution >= 4 is 27.0 Å². The molecule has 0 bridgehead atoms. The summed E-state index contributed by atoms with van der Waals surface area (Å²) in [5, 5.41) is 0. The molecule has 34 heavy (non-hydrogen) atoms. The number of amides is 1. The Balaban J connectivity index is 1.53. The topological polar surface area (TPSA) is 90.3 Å². The molecule has 4 rings (SSSR count). The number of sulfonamides is 1. The van der Waals surface area contributed by atoms with E-state index in [9.17, 15) is 13.2 Å². The number of ether oxygens (including phenoxy) is 1. The van der Waals surface area contributed by atoms with Crippen molar-refractivity contribution in [2.45, 2.75) is 33.2 Å². The molecule has 4 aromatic rings. The zero-order chi connectivity index (χ0) is 24.1. The third-order valence-electron chi connectivity index (χ3n) is 5.46. The zero-order valence-corrected chi connectivity index (χ0v) is 20.0. The fourth-order valence-electron chi connectivity index (χ4n) is 3.64. The Morgan fingerprint density at radius 1 is 1.00 bits per heavy atom. The summed E-state index contributed by atoms with van der Waals surface area (Å²) in [5.41, 5.74) is 2.83. The van der Waals surface area contributed by atoms with Crippen molar-refractivity contribution in [3.63, 3.8) is 0 Å². The molecule has 0 spiro atoms. The van der Waals surface area contributed by atoms with Crippen LogP contribution in [0.3, 0.4) is 0 Å². The maximum Gasteiger partial charge on any atom is 0.264 e. The molecule has 0 radical (unpaired) electrons. The third-order valence-corrected chi connectivity index (χ3v) is 6.78. The van der Waals surface area contributed by atoms with Crippen LogP contribution in [0.15, 0.2) is 72.8 Å². The van der Waals surface area contributed by atoms with Gasteiger partial charge in [0.25, 0.3) is 5.91 Å². The van der Waals surface area contributed by atoms with Crippen LogP contribution in [0.25, 0.3) is 11.0 Å². The van der Waals surface area contributed by atoms with E-state index in [-0.39, 0.29) is 11.3 Å². The fraction of sp³-hybridized carbons (Fsp3) is 0.231. The Bertz CT molecular complexity index is 1400. The molecular weight excluding hydrogens is 450 g/mol. The van der Waals surface area contributed by atoms with Gasteiger partial charge in [-0.25, -0.2) is 18.1 Å². The van der Waals surface area contributed by atoms with Crippen molar-refractivity contribution in [3.05, 3.63) is 89.7 Å². The van der Waals surface area contributed by atoms with Crippen LogP contribution >= 0.6 is 0 Å². The highest BCUT2D eigenvalue weighted by Crippen LogP contribution is 2.23. The number of hydrogen-bond acceptors (Lipinski definition) is 5. The smallest absolute Gasteiger partial charge is 0.264 e. The Morgan fingerprint density at radius 2 is 1.71 bits per heavy atom. The number of rotatable bonds is 9. The van der Waals surface area contributed by atoms with Crippen molar-refractivity contribution in [2.75, 3.05) is 5.75 Å². The first-order valence-corrected chi connectivity index (χ1v) is 12.8. The second-order valence-corrected chi connectivity index (χ2v) is 9.95. The van der Waals surface area contributed by atoms with Gasteiger partial charge in [-0.2, -0.15) is 0 Å². The standard InChI is InChI=1S/C26H27N3O4S/c1-3-4-16-34(31,32)28-26(30)21-12-15-24-25(17-21)29(19(2)27-24)18-20-10-13-23(14-11-20)33-22-8-6-5-7-9-22/h5-15,17H,3-4,16,18H2,1-2H3,(H,28,30). The van der Waals surface area contributed by atoms with Gasteiger partial charge in [0.15, 0.2) is 0 Å². The maximum atomic E-state index is 12.6. The van der Waals surface area contributed by atoms with E-state index in [1.807, 2.05) is 73.0 Å². The van der Waals surface area contributed by atoms with E-state index in [4.69, 9.17) is 4.74 Å². The van der Waals surface area contributed by atoms with E-state index in [0.29, 0.717) is 13.0 Å². The van der Waals surface area contributed by atoms with E-state index in [1.165, 1.54) is 0 Å². The lowest BCUT2D eigenvalue weighted by molar-refractivity contribution is 0.0981. The Morgan fingerprint density at radius 3 is 2.41 bits per heavy atom. The maximum absolute atomic E-state index is 12.6. The van der Waals surface area contributed by atoms with Crippen molar-refractivity contribution in [1.29, 1.82) is 0 Å². The van der Waals surface area contributed by atoms with E-state index in [0.717, 1.165) is 40.3 Å². The minimum absolute atomic E-state index is 0.0709. The molecule has 1 heterocycles. The SMILES string of the molecule is CCCCS(=O)(=O)NC(=O)c1ccc2nc(C)n(Cc3ccc(Oc4ccccc4)cc3)c2c1. The molecule has 0 aliphatic rings. The zero-order valence-electron chi connectivity index (χ0n) is 19.2. The highest BCUT2D eigenvalue weighted by Gasteiger charge is 2.17. The van der Waals surface area contributed by atoms with E-state index < -0.39 is 15.9 Å². The van der Waals surface area contributed by atoms with Crippen LogP contribution < -0.4 is 9.46 Å². The molecule has 0 unspecified atom stereocenters. The van der Waals surface area contributed by atoms with E-state index >= 15 is 0 Å². The average Bonchev–Trinajstić information content (AvgIpc) is 3.13. The third kappa shape index (κ3) is 5.63. The molecule has 0 atom stereocenters. The molecule has 1 amide bonds. The highest BCUT2D eigenvalue weighted by molar-refractivity contribution is 7.90. The van der Waals surface area contributed by atoms with Crippen molar-refractivity contribution in [2.24, 2.45) is 0 Å². The van der Waals surface area contributed by atoms with Crippen molar-refractivity contribution in [1.82, 2.24) is 14.3 Å². The number of aromatic nitrogens is 2. The van der Waals surface area contributed by atoms with Gasteiger partial charge < -0.3 is 9.30 Å². The number of hydrogen-bond donors (Lipinski definition) is 1. The Kier molecular flexibility index (Phi) is 6.98. The van der Waals surface area contributed by atoms with Gasteiger partial charge in [0.1, 0.15) is 17.3 Å². The summed E-state index contributed by atoms with van der Waals surface area (Å²) < 4.78 is 34.3. The van der Waals surface area contributed by atoms with Gasteiger partial charge in [-0.3, -0.25) is 4.79 Å². The summed E-state index contributed by atoms with van der Waals surface area (Å²) in [5.74, 6) is 1.61. The van der Waals surface area contributed by atoms with Crippen LogP contribution in [-0.4, -0.2) is 29.6 Å². The number of unbranched alkanes of at least 4 members (excludes halogenated alkanes) is 1. The van der Waals surface area contributed by atoms with Crippen LogP contribution in [0.4, 0.5) is 0 Å². The van der Waals surface area contributed by atoms with Gasteiger partial charge in [0, 0.05) is 12.1 Å². The normalized spacial score (nSPS) is 11.5. The first-order valence-electron chi connectivity index (χ1n) is 11.2. The summed E-state index contributed by atoms with van der Waals surface area (Å²) in [6.45, 7) is 4.36. The second-order valence-electron chi connectivity index (χ2n) is 8.11. The van der Waals surface area contributed by atoms with Gasteiger partial charge in [0.05, 0.1) is 16.8 Å². The molecule has 1 N–H and O–H groups in total. The number of nitrogens with one attached hydrogen (secondary N) is 1. The molecule has 7 nitrogen and oxygen atoms in total. The van der Waals surface area contributed by atoms with Gasteiger partial charge in [-0.1, -0.05) is 43.7 Å². The number of aryl methyl sites for hydroxylation is 1. The van der Waals surface area contributed by atoms with Crippen LogP contribution in [0.2, 0.25) is 0 Å². The molecule has 3 aromatic carbocycles. The van der Waals surface area contributed by atoms with Gasteiger partial charge >= 0.3 is 0 Å². The predicted octanol–water partition coefficient (Wildman–Crippen LogP) is 5.05. The average molecular weight is 478 g/mol. The molecule has 0 saturated heterocycles. The summed E-state index contributed by atoms with van der Waals surface area (Å²) in [7, 11) is -3.66. The van der Waals surface area contributed by atoms with Crippen LogP contribution in [0.1, 0.15) is 41.5 Å². The Labute approximate surface area is 199 Å². The summed E-state index contributed by atoms with van der Waals surface area (Å²) >= 11 is 0. The minimum atomic E-state index is -3.66. The molecular formula is C26H27N3O4S. The lowest BCUT2D eigenvalue weighted by atomic mass is 10.1. The number of benzene rings is 3. The van der Waals surface area contributed by atoms with Crippen molar-refractivity contribution < 1.29 is 17.9 Å². The Hall–Kier alpha value is -3.65. The number of carbonyl (C=O) groups excluding carboxylic acids is 1. The molecule has 8 heteroatoms. The molecule has 176 valence electrons. The van der Waals surface area contributed by atoms with E-state index in [2.05, 4.69) is 9.71 Å². The number of nitrogens with zero attached hydrogens (tertiary/aromatic N) is 2. The summed E-state index contributed by atoms with van der Waals surface area (Å²) in [4.78, 5) is 17.2.